The second-order valence-electron chi connectivity index (χ2n) is 6.00. The molecular weight excluding hydrogens is 244 g/mol. The maximum Gasteiger partial charge on any atom is 0.247 e. The molecule has 106 valence electrons. The molecule has 0 aliphatic carbocycles. The predicted octanol–water partition coefficient (Wildman–Crippen LogP) is 0.822. The molecule has 3 aliphatic heterocycles. The van der Waals surface area contributed by atoms with E-state index in [1.165, 1.54) is 4.90 Å². The number of hydrogen-bond acceptors (Lipinski definition) is 4. The Morgan fingerprint density at radius 3 is 2.79 bits per heavy atom. The van der Waals surface area contributed by atoms with E-state index in [1.54, 1.807) is 0 Å². The fourth-order valence-corrected chi connectivity index (χ4v) is 3.50. The second-order valence-corrected chi connectivity index (χ2v) is 6.00. The van der Waals surface area contributed by atoms with Crippen LogP contribution in [0, 0.1) is 0 Å². The van der Waals surface area contributed by atoms with E-state index in [-0.39, 0.29) is 36.0 Å². The first kappa shape index (κ1) is 13.1. The van der Waals surface area contributed by atoms with E-state index in [2.05, 4.69) is 5.32 Å². The molecule has 5 nitrogen and oxygen atoms in total. The highest BCUT2D eigenvalue weighted by molar-refractivity contribution is 6.05. The number of rotatable bonds is 4. The lowest BCUT2D eigenvalue weighted by molar-refractivity contribution is -0.141. The van der Waals surface area contributed by atoms with Gasteiger partial charge in [-0.2, -0.15) is 0 Å². The summed E-state index contributed by atoms with van der Waals surface area (Å²) >= 11 is 0. The first-order valence-corrected chi connectivity index (χ1v) is 7.37. The number of amides is 2. The highest BCUT2D eigenvalue weighted by Gasteiger charge is 2.46. The minimum absolute atomic E-state index is 0.00285. The zero-order chi connectivity index (χ0) is 13.6. The third kappa shape index (κ3) is 2.19. The quantitative estimate of drug-likeness (QED) is 0.765. The van der Waals surface area contributed by atoms with Crippen LogP contribution in [-0.4, -0.2) is 47.0 Å². The molecule has 5 unspecified atom stereocenters. The van der Waals surface area contributed by atoms with Crippen LogP contribution in [0.15, 0.2) is 0 Å². The van der Waals surface area contributed by atoms with Crippen LogP contribution >= 0.6 is 0 Å². The molecule has 0 radical (unpaired) electrons. The van der Waals surface area contributed by atoms with Crippen molar-refractivity contribution < 1.29 is 14.3 Å². The number of carbonyl (C=O) groups excluding carboxylic acids is 2. The molecule has 19 heavy (non-hydrogen) atoms. The predicted molar refractivity (Wildman–Crippen MR) is 69.4 cm³/mol. The number of carbonyl (C=O) groups is 2. The second kappa shape index (κ2) is 4.87. The van der Waals surface area contributed by atoms with E-state index >= 15 is 0 Å². The molecule has 5 heteroatoms. The van der Waals surface area contributed by atoms with Gasteiger partial charge in [0, 0.05) is 12.1 Å². The largest absolute Gasteiger partial charge is 0.373 e. The van der Waals surface area contributed by atoms with E-state index in [4.69, 9.17) is 4.74 Å². The zero-order valence-corrected chi connectivity index (χ0v) is 11.6. The summed E-state index contributed by atoms with van der Waals surface area (Å²) < 4.78 is 5.78. The Bertz CT molecular complexity index is 398. The van der Waals surface area contributed by atoms with Crippen LogP contribution in [0.3, 0.4) is 0 Å². The average Bonchev–Trinajstić information content (AvgIpc) is 3.05. The summed E-state index contributed by atoms with van der Waals surface area (Å²) in [6.45, 7) is 3.93. The van der Waals surface area contributed by atoms with Gasteiger partial charge >= 0.3 is 0 Å². The van der Waals surface area contributed by atoms with Gasteiger partial charge in [-0.3, -0.25) is 19.8 Å². The number of nitrogens with zero attached hydrogens (tertiary/aromatic N) is 1. The average molecular weight is 266 g/mol. The molecule has 3 saturated heterocycles. The molecule has 3 heterocycles. The lowest BCUT2D eigenvalue weighted by Gasteiger charge is -2.25. The van der Waals surface area contributed by atoms with Gasteiger partial charge in [-0.15, -0.1) is 0 Å². The van der Waals surface area contributed by atoms with Crippen LogP contribution in [-0.2, 0) is 14.3 Å². The molecule has 2 amide bonds. The molecule has 0 spiro atoms. The molecule has 0 saturated carbocycles. The maximum absolute atomic E-state index is 12.3. The minimum Gasteiger partial charge on any atom is -0.373 e. The van der Waals surface area contributed by atoms with Gasteiger partial charge in [-0.1, -0.05) is 6.92 Å². The number of ether oxygens (including phenoxy) is 1. The van der Waals surface area contributed by atoms with Gasteiger partial charge in [-0.25, -0.2) is 0 Å². The van der Waals surface area contributed by atoms with Gasteiger partial charge in [0.15, 0.2) is 0 Å². The fraction of sp³-hybridized carbons (Fsp3) is 0.857. The van der Waals surface area contributed by atoms with E-state index in [1.807, 2.05) is 13.8 Å². The summed E-state index contributed by atoms with van der Waals surface area (Å²) in [5.41, 5.74) is 0. The van der Waals surface area contributed by atoms with Crippen LogP contribution in [0.2, 0.25) is 0 Å². The van der Waals surface area contributed by atoms with E-state index < -0.39 is 0 Å². The summed E-state index contributed by atoms with van der Waals surface area (Å²) in [6, 6.07) is -0.0880. The van der Waals surface area contributed by atoms with Crippen molar-refractivity contribution in [2.24, 2.45) is 0 Å². The van der Waals surface area contributed by atoms with E-state index in [0.717, 1.165) is 25.7 Å². The van der Waals surface area contributed by atoms with Crippen LogP contribution in [0.25, 0.3) is 0 Å². The lowest BCUT2D eigenvalue weighted by atomic mass is 9.95. The summed E-state index contributed by atoms with van der Waals surface area (Å²) in [7, 11) is 0. The third-order valence-electron chi connectivity index (χ3n) is 4.74. The molecule has 3 rings (SSSR count). The topological polar surface area (TPSA) is 58.6 Å². The highest BCUT2D eigenvalue weighted by atomic mass is 16.5. The van der Waals surface area contributed by atoms with Crippen molar-refractivity contribution in [1.82, 2.24) is 10.2 Å². The van der Waals surface area contributed by atoms with Crippen LogP contribution in [0.5, 0.6) is 0 Å². The van der Waals surface area contributed by atoms with Gasteiger partial charge in [0.1, 0.15) is 0 Å². The third-order valence-corrected chi connectivity index (χ3v) is 4.74. The number of fused-ring (bicyclic) bond motifs is 2. The van der Waals surface area contributed by atoms with Gasteiger partial charge in [-0.05, 0) is 32.6 Å². The smallest absolute Gasteiger partial charge is 0.247 e. The Labute approximate surface area is 113 Å². The maximum atomic E-state index is 12.3. The Balaban J connectivity index is 1.63. The van der Waals surface area contributed by atoms with Crippen LogP contribution < -0.4 is 5.32 Å². The monoisotopic (exact) mass is 266 g/mol. The standard InChI is InChI=1S/C14H22N2O3/c1-3-8(2)16-13(17)7-11(14(16)18)15-10-6-9-4-5-12(10)19-9/h8-12,15H,3-7H2,1-2H3. The van der Waals surface area contributed by atoms with Crippen molar-refractivity contribution in [3.8, 4) is 0 Å². The zero-order valence-electron chi connectivity index (χ0n) is 11.6. The number of imide groups is 1. The normalized spacial score (nSPS) is 39.4. The molecule has 3 fully saturated rings. The Morgan fingerprint density at radius 1 is 1.42 bits per heavy atom. The molecule has 0 aromatic heterocycles. The molecule has 3 aliphatic rings. The van der Waals surface area contributed by atoms with Gasteiger partial charge in [0.2, 0.25) is 11.8 Å². The van der Waals surface area contributed by atoms with Crippen molar-refractivity contribution in [1.29, 1.82) is 0 Å². The SMILES string of the molecule is CCC(C)N1C(=O)CC(NC2CC3CCC2O3)C1=O. The van der Waals surface area contributed by atoms with Crippen LogP contribution in [0.1, 0.15) is 46.0 Å². The number of hydrogen-bond donors (Lipinski definition) is 1. The Kier molecular flexibility index (Phi) is 3.35. The molecular formula is C14H22N2O3. The molecule has 1 N–H and O–H groups in total. The van der Waals surface area contributed by atoms with Crippen LogP contribution in [0.4, 0.5) is 0 Å². The molecule has 5 atom stereocenters. The van der Waals surface area contributed by atoms with E-state index in [9.17, 15) is 9.59 Å². The van der Waals surface area contributed by atoms with Crippen molar-refractivity contribution >= 4 is 11.8 Å². The van der Waals surface area contributed by atoms with Crippen molar-refractivity contribution in [2.75, 3.05) is 0 Å². The highest BCUT2D eigenvalue weighted by Crippen LogP contribution is 2.35. The molecule has 0 aromatic carbocycles. The Morgan fingerprint density at radius 2 is 2.21 bits per heavy atom. The Hall–Kier alpha value is -0.940. The summed E-state index contributed by atoms with van der Waals surface area (Å²) in [5.74, 6) is -0.0944. The lowest BCUT2D eigenvalue weighted by Crippen LogP contribution is -2.48. The van der Waals surface area contributed by atoms with Crippen molar-refractivity contribution in [3.63, 3.8) is 0 Å². The fourth-order valence-electron chi connectivity index (χ4n) is 3.50. The molecule has 0 aromatic rings. The van der Waals surface area contributed by atoms with Crippen molar-refractivity contribution in [2.45, 2.75) is 76.3 Å². The summed E-state index contributed by atoms with van der Waals surface area (Å²) in [6.07, 6.45) is 4.90. The van der Waals surface area contributed by atoms with Crippen molar-refractivity contribution in [3.05, 3.63) is 0 Å². The number of nitrogens with one attached hydrogen (secondary N) is 1. The summed E-state index contributed by atoms with van der Waals surface area (Å²) in [4.78, 5) is 25.7. The van der Waals surface area contributed by atoms with E-state index in [0.29, 0.717) is 12.5 Å². The van der Waals surface area contributed by atoms with Gasteiger partial charge in [0.05, 0.1) is 24.7 Å². The minimum atomic E-state index is -0.338. The number of likely N-dealkylation sites (tertiary alicyclic amines) is 1. The first-order valence-electron chi connectivity index (χ1n) is 7.37. The summed E-state index contributed by atoms with van der Waals surface area (Å²) in [5, 5.41) is 3.36. The van der Waals surface area contributed by atoms with Gasteiger partial charge in [0.25, 0.3) is 0 Å². The van der Waals surface area contributed by atoms with Gasteiger partial charge < -0.3 is 4.74 Å². The molecule has 2 bridgehead atoms. The first-order chi connectivity index (χ1) is 9.10.